The first kappa shape index (κ1) is 24.3. The number of aromatic amines is 1. The zero-order valence-electron chi connectivity index (χ0n) is 19.6. The molecular weight excluding hydrogens is 508 g/mol. The fraction of sp³-hybridized carbons (Fsp3) is 0.160. The maximum atomic E-state index is 14.5. The molecule has 0 aliphatic carbocycles. The number of aryl methyl sites for hydroxylation is 1. The molecule has 0 spiro atoms. The van der Waals surface area contributed by atoms with Crippen LogP contribution in [-0.2, 0) is 0 Å². The monoisotopic (exact) mass is 525 g/mol. The van der Waals surface area contributed by atoms with Gasteiger partial charge < -0.3 is 9.73 Å². The molecule has 0 saturated heterocycles. The molecule has 0 bridgehead atoms. The molecule has 4 heterocycles. The number of nitrogens with one attached hydrogen (secondary N) is 2. The number of anilines is 1. The van der Waals surface area contributed by atoms with E-state index in [-0.39, 0.29) is 50.0 Å². The zero-order chi connectivity index (χ0) is 26.4. The van der Waals surface area contributed by atoms with Crippen LogP contribution in [0.4, 0.5) is 14.5 Å². The third-order valence-electron chi connectivity index (χ3n) is 5.81. The highest BCUT2D eigenvalue weighted by molar-refractivity contribution is 6.29. The minimum atomic E-state index is -0.967. The normalized spacial score (nSPS) is 12.2. The van der Waals surface area contributed by atoms with Gasteiger partial charge in [-0.1, -0.05) is 22.8 Å². The van der Waals surface area contributed by atoms with Crippen LogP contribution >= 0.6 is 11.6 Å². The topological polar surface area (TPSA) is 127 Å². The Morgan fingerprint density at radius 1 is 1.14 bits per heavy atom. The first-order valence-corrected chi connectivity index (χ1v) is 11.4. The average Bonchev–Trinajstić information content (AvgIpc) is 3.30. The van der Waals surface area contributed by atoms with Gasteiger partial charge in [0, 0.05) is 11.1 Å². The van der Waals surface area contributed by atoms with E-state index in [2.05, 4.69) is 29.9 Å². The molecule has 4 aromatic heterocycles. The maximum Gasteiger partial charge on any atom is 0.439 e. The lowest BCUT2D eigenvalue weighted by Gasteiger charge is -2.20. The summed E-state index contributed by atoms with van der Waals surface area (Å²) in [6.07, 6.45) is 0.744. The van der Waals surface area contributed by atoms with Crippen molar-refractivity contribution in [2.24, 2.45) is 0 Å². The summed E-state index contributed by atoms with van der Waals surface area (Å²) in [5.74, 6) is -2.55. The number of benzene rings is 1. The molecule has 0 fully saturated rings. The maximum absolute atomic E-state index is 14.5. The third-order valence-corrected chi connectivity index (χ3v) is 6.02. The summed E-state index contributed by atoms with van der Waals surface area (Å²) in [5, 5.41) is 7.38. The van der Waals surface area contributed by atoms with Crippen molar-refractivity contribution < 1.29 is 17.7 Å². The van der Waals surface area contributed by atoms with Crippen LogP contribution in [-0.4, -0.2) is 20.1 Å². The minimum Gasteiger partial charge on any atom is -0.455 e. The largest absolute Gasteiger partial charge is 0.455 e. The van der Waals surface area contributed by atoms with Gasteiger partial charge in [-0.2, -0.15) is 4.39 Å². The fourth-order valence-electron chi connectivity index (χ4n) is 4.10. The highest BCUT2D eigenvalue weighted by Gasteiger charge is 2.22. The summed E-state index contributed by atoms with van der Waals surface area (Å²) in [7, 11) is 0. The van der Waals surface area contributed by atoms with Crippen molar-refractivity contribution >= 4 is 28.3 Å². The molecule has 0 amide bonds. The first-order valence-electron chi connectivity index (χ1n) is 11.0. The van der Waals surface area contributed by atoms with Crippen molar-refractivity contribution in [2.75, 3.05) is 5.32 Å². The molecule has 2 N–H and O–H groups in total. The third kappa shape index (κ3) is 4.49. The molecule has 5 aromatic rings. The Hall–Kier alpha value is -4.38. The highest BCUT2D eigenvalue weighted by Crippen LogP contribution is 2.34. The van der Waals surface area contributed by atoms with Crippen LogP contribution in [0.5, 0.6) is 0 Å². The number of halogens is 3. The molecule has 1 aromatic carbocycles. The molecule has 1 atom stereocenters. The summed E-state index contributed by atoms with van der Waals surface area (Å²) in [6, 6.07) is 7.10. The second-order valence-electron chi connectivity index (χ2n) is 8.45. The van der Waals surface area contributed by atoms with Crippen LogP contribution in [0.2, 0.25) is 5.15 Å². The summed E-state index contributed by atoms with van der Waals surface area (Å²) in [5.41, 5.74) is 1.69. The molecule has 0 aliphatic rings. The number of fused-ring (bicyclic) bond motifs is 1. The van der Waals surface area contributed by atoms with E-state index < -0.39 is 23.6 Å². The Morgan fingerprint density at radius 3 is 2.65 bits per heavy atom. The molecule has 0 saturated carbocycles. The number of hydrogen-bond donors (Lipinski definition) is 2. The Kier molecular flexibility index (Phi) is 6.08. The van der Waals surface area contributed by atoms with Crippen molar-refractivity contribution in [3.8, 4) is 22.8 Å². The Bertz CT molecular complexity index is 1800. The Labute approximate surface area is 212 Å². The van der Waals surface area contributed by atoms with Crippen LogP contribution in [0.25, 0.3) is 33.8 Å². The number of H-pyrrole nitrogens is 1. The van der Waals surface area contributed by atoms with Gasteiger partial charge in [0.05, 0.1) is 28.9 Å². The van der Waals surface area contributed by atoms with E-state index in [9.17, 15) is 18.4 Å². The van der Waals surface area contributed by atoms with Gasteiger partial charge in [-0.05, 0) is 50.6 Å². The van der Waals surface area contributed by atoms with Crippen molar-refractivity contribution in [3.05, 3.63) is 90.9 Å². The summed E-state index contributed by atoms with van der Waals surface area (Å²) in [6.45, 7) is 5.12. The van der Waals surface area contributed by atoms with Gasteiger partial charge in [-0.15, -0.1) is 0 Å². The van der Waals surface area contributed by atoms with Gasteiger partial charge in [-0.3, -0.25) is 14.3 Å². The van der Waals surface area contributed by atoms with Crippen molar-refractivity contribution in [1.82, 2.24) is 20.1 Å². The van der Waals surface area contributed by atoms with E-state index in [1.54, 1.807) is 18.2 Å². The van der Waals surface area contributed by atoms with E-state index >= 15 is 0 Å². The number of nitrogens with zero attached hydrogens (tertiary/aromatic N) is 3. The lowest BCUT2D eigenvalue weighted by atomic mass is 9.99. The van der Waals surface area contributed by atoms with Crippen molar-refractivity contribution in [3.63, 3.8) is 0 Å². The molecule has 0 aliphatic heterocycles. The van der Waals surface area contributed by atoms with Crippen LogP contribution in [0.15, 0.2) is 55.1 Å². The number of rotatable bonds is 5. The molecule has 37 heavy (non-hydrogen) atoms. The number of aromatic nitrogens is 4. The van der Waals surface area contributed by atoms with Gasteiger partial charge in [0.1, 0.15) is 28.0 Å². The van der Waals surface area contributed by atoms with Gasteiger partial charge in [0.25, 0.3) is 0 Å². The molecular formula is C25H18ClF2N5O4. The highest BCUT2D eigenvalue weighted by atomic mass is 35.5. The first-order chi connectivity index (χ1) is 17.6. The van der Waals surface area contributed by atoms with Crippen LogP contribution in [0, 0.1) is 25.6 Å². The predicted octanol–water partition coefficient (Wildman–Crippen LogP) is 5.31. The molecule has 5 rings (SSSR count). The van der Waals surface area contributed by atoms with E-state index in [0.29, 0.717) is 11.3 Å². The fourth-order valence-corrected chi connectivity index (χ4v) is 4.25. The van der Waals surface area contributed by atoms with Crippen LogP contribution in [0.1, 0.15) is 29.7 Å². The van der Waals surface area contributed by atoms with Crippen molar-refractivity contribution in [1.29, 1.82) is 0 Å². The average molecular weight is 526 g/mol. The molecule has 0 unspecified atom stereocenters. The Morgan fingerprint density at radius 2 is 1.92 bits per heavy atom. The number of pyridine rings is 2. The Balaban J connectivity index is 1.67. The van der Waals surface area contributed by atoms with E-state index in [1.165, 1.54) is 6.92 Å². The molecule has 12 heteroatoms. The molecule has 9 nitrogen and oxygen atoms in total. The van der Waals surface area contributed by atoms with E-state index in [1.807, 2.05) is 19.9 Å². The summed E-state index contributed by atoms with van der Waals surface area (Å²) >= 11 is 6.06. The summed E-state index contributed by atoms with van der Waals surface area (Å²) in [4.78, 5) is 34.8. The second-order valence-corrected chi connectivity index (χ2v) is 8.84. The van der Waals surface area contributed by atoms with Gasteiger partial charge in [0.15, 0.2) is 5.43 Å². The van der Waals surface area contributed by atoms with Crippen LogP contribution in [0.3, 0.4) is 0 Å². The molecule has 0 radical (unpaired) electrons. The molecule has 188 valence electrons. The lowest BCUT2D eigenvalue weighted by Crippen LogP contribution is -2.13. The van der Waals surface area contributed by atoms with Crippen LogP contribution < -0.4 is 16.5 Å². The second kappa shape index (κ2) is 9.25. The van der Waals surface area contributed by atoms with Crippen molar-refractivity contribution in [2.45, 2.75) is 26.8 Å². The summed E-state index contributed by atoms with van der Waals surface area (Å²) < 4.78 is 39.1. The smallest absolute Gasteiger partial charge is 0.439 e. The quantitative estimate of drug-likeness (QED) is 0.295. The van der Waals surface area contributed by atoms with Gasteiger partial charge in [-0.25, -0.2) is 19.2 Å². The zero-order valence-corrected chi connectivity index (χ0v) is 20.4. The standard InChI is InChI=1S/C25H18ClF2N5O4/c1-10-6-14(12(3)30-17-4-5-18(26)31-19(17)24-32-25(35)37-33-24)22-15(7-10)20(34)11(2)21(36-22)16-8-13(27)9-29-23(16)28/h4-9,12,30H,1-3H3,(H,32,33,35)/t12-/m1/s1. The van der Waals surface area contributed by atoms with Gasteiger partial charge in [0.2, 0.25) is 11.8 Å². The predicted molar refractivity (Wildman–Crippen MR) is 133 cm³/mol. The van der Waals surface area contributed by atoms with E-state index in [4.69, 9.17) is 16.0 Å². The lowest BCUT2D eigenvalue weighted by molar-refractivity contribution is 0.388. The van der Waals surface area contributed by atoms with Gasteiger partial charge >= 0.3 is 5.76 Å². The SMILES string of the molecule is Cc1cc([C@@H](C)Nc2ccc(Cl)nc2-c2noc(=O)[nH]2)c2oc(-c3cc(F)cnc3F)c(C)c(=O)c2c1. The van der Waals surface area contributed by atoms with E-state index in [0.717, 1.165) is 17.8 Å². The minimum absolute atomic E-state index is 0.0647. The number of hydrogen-bond acceptors (Lipinski definition) is 8.